The summed E-state index contributed by atoms with van der Waals surface area (Å²) in [5.41, 5.74) is 2.77. The first-order valence-electron chi connectivity index (χ1n) is 7.44. The van der Waals surface area contributed by atoms with Crippen LogP contribution in [0.15, 0.2) is 60.7 Å². The van der Waals surface area contributed by atoms with Gasteiger partial charge in [0.25, 0.3) is 0 Å². The monoisotopic (exact) mass is 284 g/mol. The maximum absolute atomic E-state index is 7.00. The Hall–Kier alpha value is -1.68. The lowest BCUT2D eigenvalue weighted by Crippen LogP contribution is -2.45. The van der Waals surface area contributed by atoms with Crippen LogP contribution in [0.3, 0.4) is 0 Å². The molecule has 3 heteroatoms. The van der Waals surface area contributed by atoms with Crippen LogP contribution in [0.1, 0.15) is 17.2 Å². The predicted octanol–water partition coefficient (Wildman–Crippen LogP) is 2.29. The maximum Gasteiger partial charge on any atom is 0.0602 e. The van der Waals surface area contributed by atoms with Crippen LogP contribution in [-0.2, 0) is 0 Å². The van der Waals surface area contributed by atoms with Crippen LogP contribution in [0.2, 0.25) is 0 Å². The highest BCUT2D eigenvalue weighted by molar-refractivity contribution is 5.31. The molecular weight excluding hydrogens is 260 g/mol. The summed E-state index contributed by atoms with van der Waals surface area (Å²) >= 11 is 0. The van der Waals surface area contributed by atoms with Crippen LogP contribution >= 0.6 is 0 Å². The maximum atomic E-state index is 7.00. The van der Waals surface area contributed by atoms with E-state index >= 15 is 0 Å². The largest absolute Gasteiger partial charge is 0.400 e. The summed E-state index contributed by atoms with van der Waals surface area (Å²) < 4.78 is 0. The van der Waals surface area contributed by atoms with E-state index in [9.17, 15) is 0 Å². The molecule has 2 aromatic rings. The van der Waals surface area contributed by atoms with E-state index in [0.717, 1.165) is 33.3 Å². The second-order valence-electron chi connectivity index (χ2n) is 5.01. The summed E-state index contributed by atoms with van der Waals surface area (Å²) in [5.74, 6) is 0. The minimum atomic E-state index is 0.379. The smallest absolute Gasteiger partial charge is 0.0602 e. The van der Waals surface area contributed by atoms with Gasteiger partial charge in [-0.05, 0) is 11.1 Å². The Morgan fingerprint density at radius 3 is 1.67 bits per heavy atom. The standard InChI is InChI=1S/C17H20N2.CH4O/c1-3-7-15(8-4-1)17(16-9-5-2-6-10-16)19-13-11-18-12-14-19;1-2/h1-10,17-18H,11-14H2;2H,1H3. The lowest BCUT2D eigenvalue weighted by atomic mass is 9.96. The van der Waals surface area contributed by atoms with Crippen molar-refractivity contribution >= 4 is 0 Å². The summed E-state index contributed by atoms with van der Waals surface area (Å²) in [6.45, 7) is 4.37. The normalized spacial score (nSPS) is 15.4. The lowest BCUT2D eigenvalue weighted by molar-refractivity contribution is 0.198. The van der Waals surface area contributed by atoms with Gasteiger partial charge in [0.15, 0.2) is 0 Å². The molecule has 21 heavy (non-hydrogen) atoms. The summed E-state index contributed by atoms with van der Waals surface area (Å²) in [6, 6.07) is 22.0. The van der Waals surface area contributed by atoms with Crippen LogP contribution in [0.4, 0.5) is 0 Å². The minimum absolute atomic E-state index is 0.379. The third-order valence-corrected chi connectivity index (χ3v) is 3.75. The first kappa shape index (κ1) is 15.7. The van der Waals surface area contributed by atoms with Crippen molar-refractivity contribution in [2.24, 2.45) is 0 Å². The van der Waals surface area contributed by atoms with Gasteiger partial charge in [0, 0.05) is 33.3 Å². The van der Waals surface area contributed by atoms with E-state index in [2.05, 4.69) is 70.9 Å². The summed E-state index contributed by atoms with van der Waals surface area (Å²) in [5, 5.41) is 10.4. The molecule has 0 atom stereocenters. The fourth-order valence-electron chi connectivity index (χ4n) is 2.83. The molecule has 2 aromatic carbocycles. The Bertz CT molecular complexity index is 456. The zero-order valence-electron chi connectivity index (χ0n) is 12.6. The number of piperazine rings is 1. The Balaban J connectivity index is 0.000000774. The Morgan fingerprint density at radius 2 is 1.24 bits per heavy atom. The molecule has 0 amide bonds. The second-order valence-corrected chi connectivity index (χ2v) is 5.01. The van der Waals surface area contributed by atoms with Crippen molar-refractivity contribution in [1.29, 1.82) is 0 Å². The Morgan fingerprint density at radius 1 is 0.810 bits per heavy atom. The van der Waals surface area contributed by atoms with Gasteiger partial charge >= 0.3 is 0 Å². The van der Waals surface area contributed by atoms with Gasteiger partial charge in [0.2, 0.25) is 0 Å². The number of benzene rings is 2. The van der Waals surface area contributed by atoms with Gasteiger partial charge in [-0.25, -0.2) is 0 Å². The van der Waals surface area contributed by atoms with Crippen LogP contribution in [0.5, 0.6) is 0 Å². The molecule has 0 spiro atoms. The molecule has 2 N–H and O–H groups in total. The topological polar surface area (TPSA) is 35.5 Å². The van der Waals surface area contributed by atoms with Gasteiger partial charge in [-0.1, -0.05) is 60.7 Å². The molecule has 0 radical (unpaired) electrons. The second kappa shape index (κ2) is 8.57. The van der Waals surface area contributed by atoms with E-state index in [1.165, 1.54) is 11.1 Å². The average molecular weight is 284 g/mol. The minimum Gasteiger partial charge on any atom is -0.400 e. The molecule has 0 aromatic heterocycles. The average Bonchev–Trinajstić information content (AvgIpc) is 2.60. The van der Waals surface area contributed by atoms with Crippen molar-refractivity contribution in [3.05, 3.63) is 71.8 Å². The molecule has 3 rings (SSSR count). The Labute approximate surface area is 127 Å². The molecule has 1 fully saturated rings. The van der Waals surface area contributed by atoms with Gasteiger partial charge in [-0.15, -0.1) is 0 Å². The van der Waals surface area contributed by atoms with Crippen LogP contribution in [-0.4, -0.2) is 43.3 Å². The lowest BCUT2D eigenvalue weighted by Gasteiger charge is -2.35. The molecule has 0 unspecified atom stereocenters. The van der Waals surface area contributed by atoms with Gasteiger partial charge in [0.05, 0.1) is 6.04 Å². The molecular formula is C18H24N2O. The fraction of sp³-hybridized carbons (Fsp3) is 0.333. The van der Waals surface area contributed by atoms with Crippen molar-refractivity contribution < 1.29 is 5.11 Å². The van der Waals surface area contributed by atoms with Gasteiger partial charge in [-0.3, -0.25) is 4.90 Å². The van der Waals surface area contributed by atoms with Crippen LogP contribution in [0, 0.1) is 0 Å². The molecule has 1 aliphatic heterocycles. The van der Waals surface area contributed by atoms with Gasteiger partial charge in [-0.2, -0.15) is 0 Å². The Kier molecular flexibility index (Phi) is 6.41. The first-order valence-corrected chi connectivity index (χ1v) is 7.44. The van der Waals surface area contributed by atoms with E-state index in [1.54, 1.807) is 0 Å². The zero-order chi connectivity index (χ0) is 14.9. The van der Waals surface area contributed by atoms with Crippen molar-refractivity contribution in [3.8, 4) is 0 Å². The number of aliphatic hydroxyl groups is 1. The van der Waals surface area contributed by atoms with Crippen molar-refractivity contribution in [2.45, 2.75) is 6.04 Å². The van der Waals surface area contributed by atoms with E-state index in [-0.39, 0.29) is 0 Å². The summed E-state index contributed by atoms with van der Waals surface area (Å²) in [6.07, 6.45) is 0. The zero-order valence-corrected chi connectivity index (χ0v) is 12.6. The molecule has 1 saturated heterocycles. The van der Waals surface area contributed by atoms with Crippen molar-refractivity contribution in [1.82, 2.24) is 10.2 Å². The predicted molar refractivity (Wildman–Crippen MR) is 87.3 cm³/mol. The first-order chi connectivity index (χ1) is 10.4. The number of nitrogens with one attached hydrogen (secondary N) is 1. The van der Waals surface area contributed by atoms with E-state index in [0.29, 0.717) is 6.04 Å². The highest BCUT2D eigenvalue weighted by Crippen LogP contribution is 2.28. The molecule has 0 aliphatic carbocycles. The van der Waals surface area contributed by atoms with Crippen LogP contribution in [0.25, 0.3) is 0 Å². The van der Waals surface area contributed by atoms with Crippen molar-refractivity contribution in [3.63, 3.8) is 0 Å². The fourth-order valence-corrected chi connectivity index (χ4v) is 2.83. The molecule has 112 valence electrons. The third-order valence-electron chi connectivity index (χ3n) is 3.75. The summed E-state index contributed by atoms with van der Waals surface area (Å²) in [7, 11) is 1.00. The SMILES string of the molecule is CO.c1ccc(C(c2ccccc2)N2CCNCC2)cc1. The number of hydrogen-bond donors (Lipinski definition) is 2. The number of hydrogen-bond acceptors (Lipinski definition) is 3. The third kappa shape index (κ3) is 4.14. The highest BCUT2D eigenvalue weighted by Gasteiger charge is 2.23. The molecule has 1 aliphatic rings. The van der Waals surface area contributed by atoms with E-state index in [4.69, 9.17) is 5.11 Å². The highest BCUT2D eigenvalue weighted by atomic mass is 16.2. The summed E-state index contributed by atoms with van der Waals surface area (Å²) in [4.78, 5) is 2.57. The van der Waals surface area contributed by atoms with E-state index < -0.39 is 0 Å². The molecule has 3 nitrogen and oxygen atoms in total. The van der Waals surface area contributed by atoms with Gasteiger partial charge < -0.3 is 10.4 Å². The van der Waals surface area contributed by atoms with E-state index in [1.807, 2.05) is 0 Å². The number of aliphatic hydroxyl groups excluding tert-OH is 1. The van der Waals surface area contributed by atoms with Gasteiger partial charge in [0.1, 0.15) is 0 Å². The molecule has 1 heterocycles. The number of rotatable bonds is 3. The number of nitrogens with zero attached hydrogens (tertiary/aromatic N) is 1. The molecule has 0 saturated carbocycles. The van der Waals surface area contributed by atoms with Crippen LogP contribution < -0.4 is 5.32 Å². The van der Waals surface area contributed by atoms with Crippen molar-refractivity contribution in [2.75, 3.05) is 33.3 Å². The quantitative estimate of drug-likeness (QED) is 0.908. The molecule has 0 bridgehead atoms.